The van der Waals surface area contributed by atoms with Gasteiger partial charge in [0.05, 0.1) is 5.69 Å². The van der Waals surface area contributed by atoms with Crippen molar-refractivity contribution in [3.8, 4) is 5.69 Å². The van der Waals surface area contributed by atoms with Crippen LogP contribution in [0, 0.1) is 0 Å². The smallest absolute Gasteiger partial charge is 0.318 e. The summed E-state index contributed by atoms with van der Waals surface area (Å²) in [5, 5.41) is 9.85. The van der Waals surface area contributed by atoms with Crippen molar-refractivity contribution >= 4 is 17.6 Å². The molecule has 1 aliphatic rings. The molecule has 0 bridgehead atoms. The molecule has 2 N–H and O–H groups in total. The highest BCUT2D eigenvalue weighted by Gasteiger charge is 2.33. The number of hydrogen-bond donors (Lipinski definition) is 2. The second-order valence-electron chi connectivity index (χ2n) is 5.68. The number of amides is 3. The highest BCUT2D eigenvalue weighted by molar-refractivity contribution is 5.97. The van der Waals surface area contributed by atoms with E-state index in [1.165, 1.54) is 0 Å². The maximum absolute atomic E-state index is 12.6. The lowest BCUT2D eigenvalue weighted by atomic mass is 10.2. The highest BCUT2D eigenvalue weighted by atomic mass is 16.2. The lowest BCUT2D eigenvalue weighted by Gasteiger charge is -2.24. The number of hydrogen-bond acceptors (Lipinski definition) is 3. The zero-order valence-electron chi connectivity index (χ0n) is 13.6. The van der Waals surface area contributed by atoms with E-state index in [2.05, 4.69) is 15.7 Å². The van der Waals surface area contributed by atoms with Crippen LogP contribution in [0.1, 0.15) is 19.8 Å². The summed E-state index contributed by atoms with van der Waals surface area (Å²) in [5.74, 6) is -0.156. The summed E-state index contributed by atoms with van der Waals surface area (Å²) in [4.78, 5) is 26.2. The molecule has 1 aromatic heterocycles. The maximum atomic E-state index is 12.6. The molecule has 1 aromatic carbocycles. The molecule has 24 heavy (non-hydrogen) atoms. The normalized spacial score (nSPS) is 16.9. The number of aromatic nitrogens is 2. The average molecular weight is 327 g/mol. The summed E-state index contributed by atoms with van der Waals surface area (Å²) in [6.45, 7) is 3.02. The number of urea groups is 1. The van der Waals surface area contributed by atoms with Crippen molar-refractivity contribution in [1.82, 2.24) is 20.0 Å². The second kappa shape index (κ2) is 7.16. The molecule has 1 aliphatic heterocycles. The SMILES string of the molecule is CCNC(=O)N1CCCC1C(=O)Nc1cccc(-n2cccn2)c1. The first-order valence-electron chi connectivity index (χ1n) is 8.14. The van der Waals surface area contributed by atoms with E-state index in [9.17, 15) is 9.59 Å². The fraction of sp³-hybridized carbons (Fsp3) is 0.353. The molecule has 1 fully saturated rings. The van der Waals surface area contributed by atoms with Gasteiger partial charge in [-0.05, 0) is 44.0 Å². The standard InChI is InChI=1S/C17H21N5O2/c1-2-18-17(24)21-10-4-8-15(21)16(23)20-13-6-3-7-14(12-13)22-11-5-9-19-22/h3,5-7,9,11-12,15H,2,4,8,10H2,1H3,(H,18,24)(H,20,23). The third-order valence-electron chi connectivity index (χ3n) is 4.03. The van der Waals surface area contributed by atoms with E-state index in [4.69, 9.17) is 0 Å². The Morgan fingerprint density at radius 2 is 2.21 bits per heavy atom. The van der Waals surface area contributed by atoms with Crippen LogP contribution in [-0.2, 0) is 4.79 Å². The molecule has 7 heteroatoms. The minimum Gasteiger partial charge on any atom is -0.338 e. The molecule has 3 amide bonds. The van der Waals surface area contributed by atoms with Crippen molar-refractivity contribution in [3.63, 3.8) is 0 Å². The van der Waals surface area contributed by atoms with Crippen molar-refractivity contribution in [2.45, 2.75) is 25.8 Å². The minimum atomic E-state index is -0.426. The van der Waals surface area contributed by atoms with Crippen molar-refractivity contribution in [1.29, 1.82) is 0 Å². The highest BCUT2D eigenvalue weighted by Crippen LogP contribution is 2.20. The molecular weight excluding hydrogens is 306 g/mol. The molecule has 1 saturated heterocycles. The largest absolute Gasteiger partial charge is 0.338 e. The van der Waals surface area contributed by atoms with Gasteiger partial charge in [-0.3, -0.25) is 4.79 Å². The molecule has 0 radical (unpaired) electrons. The lowest BCUT2D eigenvalue weighted by molar-refractivity contribution is -0.119. The van der Waals surface area contributed by atoms with Gasteiger partial charge < -0.3 is 15.5 Å². The number of anilines is 1. The van der Waals surface area contributed by atoms with Gasteiger partial charge in [0.15, 0.2) is 0 Å². The van der Waals surface area contributed by atoms with E-state index in [1.807, 2.05) is 43.5 Å². The first-order chi connectivity index (χ1) is 11.7. The average Bonchev–Trinajstić information content (AvgIpc) is 3.27. The third-order valence-corrected chi connectivity index (χ3v) is 4.03. The van der Waals surface area contributed by atoms with Gasteiger partial charge in [0.2, 0.25) is 5.91 Å². The van der Waals surface area contributed by atoms with Crippen LogP contribution in [0.15, 0.2) is 42.7 Å². The molecule has 126 valence electrons. The van der Waals surface area contributed by atoms with E-state index < -0.39 is 6.04 Å². The lowest BCUT2D eigenvalue weighted by Crippen LogP contribution is -2.47. The van der Waals surface area contributed by atoms with Crippen LogP contribution >= 0.6 is 0 Å². The summed E-state index contributed by atoms with van der Waals surface area (Å²) in [7, 11) is 0. The van der Waals surface area contributed by atoms with Crippen LogP contribution in [0.25, 0.3) is 5.69 Å². The fourth-order valence-electron chi connectivity index (χ4n) is 2.91. The molecule has 2 aromatic rings. The summed E-state index contributed by atoms with van der Waals surface area (Å²) < 4.78 is 1.73. The molecule has 2 heterocycles. The van der Waals surface area contributed by atoms with E-state index in [0.29, 0.717) is 25.2 Å². The molecule has 0 saturated carbocycles. The van der Waals surface area contributed by atoms with E-state index >= 15 is 0 Å². The van der Waals surface area contributed by atoms with Crippen molar-refractivity contribution in [2.75, 3.05) is 18.4 Å². The first-order valence-corrected chi connectivity index (χ1v) is 8.14. The molecule has 1 atom stereocenters. The maximum Gasteiger partial charge on any atom is 0.318 e. The Morgan fingerprint density at radius 3 is 2.96 bits per heavy atom. The number of rotatable bonds is 4. The molecule has 1 unspecified atom stereocenters. The summed E-state index contributed by atoms with van der Waals surface area (Å²) in [6.07, 6.45) is 5.06. The van der Waals surface area contributed by atoms with Gasteiger partial charge in [-0.15, -0.1) is 0 Å². The predicted molar refractivity (Wildman–Crippen MR) is 91.0 cm³/mol. The Bertz CT molecular complexity index is 714. The second-order valence-corrected chi connectivity index (χ2v) is 5.68. The Balaban J connectivity index is 1.70. The molecule has 0 aliphatic carbocycles. The number of benzene rings is 1. The Labute approximate surface area is 140 Å². The van der Waals surface area contributed by atoms with Gasteiger partial charge in [0, 0.05) is 31.2 Å². The number of carbonyl (C=O) groups excluding carboxylic acids is 2. The molecular formula is C17H21N5O2. The van der Waals surface area contributed by atoms with Gasteiger partial charge in [0.1, 0.15) is 6.04 Å². The zero-order chi connectivity index (χ0) is 16.9. The monoisotopic (exact) mass is 327 g/mol. The Hall–Kier alpha value is -2.83. The minimum absolute atomic E-state index is 0.156. The van der Waals surface area contributed by atoms with Crippen LogP contribution < -0.4 is 10.6 Å². The van der Waals surface area contributed by atoms with Gasteiger partial charge in [-0.25, -0.2) is 9.48 Å². The van der Waals surface area contributed by atoms with Crippen molar-refractivity contribution in [3.05, 3.63) is 42.7 Å². The molecule has 7 nitrogen and oxygen atoms in total. The topological polar surface area (TPSA) is 79.3 Å². The Morgan fingerprint density at radius 1 is 1.33 bits per heavy atom. The van der Waals surface area contributed by atoms with Crippen LogP contribution in [0.3, 0.4) is 0 Å². The molecule has 3 rings (SSSR count). The zero-order valence-corrected chi connectivity index (χ0v) is 13.6. The van der Waals surface area contributed by atoms with E-state index in [-0.39, 0.29) is 11.9 Å². The first kappa shape index (κ1) is 16.0. The van der Waals surface area contributed by atoms with Crippen LogP contribution in [-0.4, -0.2) is 45.8 Å². The van der Waals surface area contributed by atoms with Gasteiger partial charge in [-0.2, -0.15) is 5.10 Å². The number of carbonyl (C=O) groups is 2. The van der Waals surface area contributed by atoms with E-state index in [0.717, 1.165) is 12.1 Å². The van der Waals surface area contributed by atoms with Gasteiger partial charge in [-0.1, -0.05) is 6.07 Å². The van der Waals surface area contributed by atoms with Gasteiger partial charge in [0.25, 0.3) is 0 Å². The van der Waals surface area contributed by atoms with Crippen LogP contribution in [0.2, 0.25) is 0 Å². The summed E-state index contributed by atoms with van der Waals surface area (Å²) in [6, 6.07) is 8.70. The fourth-order valence-corrected chi connectivity index (χ4v) is 2.91. The van der Waals surface area contributed by atoms with Crippen LogP contribution in [0.5, 0.6) is 0 Å². The molecule has 0 spiro atoms. The number of likely N-dealkylation sites (tertiary alicyclic amines) is 1. The summed E-state index contributed by atoms with van der Waals surface area (Å²) in [5.41, 5.74) is 1.56. The number of nitrogens with zero attached hydrogens (tertiary/aromatic N) is 3. The predicted octanol–water partition coefficient (Wildman–Crippen LogP) is 2.00. The van der Waals surface area contributed by atoms with Crippen molar-refractivity contribution in [2.24, 2.45) is 0 Å². The van der Waals surface area contributed by atoms with E-state index in [1.54, 1.807) is 15.8 Å². The summed E-state index contributed by atoms with van der Waals surface area (Å²) >= 11 is 0. The van der Waals surface area contributed by atoms with Crippen molar-refractivity contribution < 1.29 is 9.59 Å². The van der Waals surface area contributed by atoms with Crippen LogP contribution in [0.4, 0.5) is 10.5 Å². The quantitative estimate of drug-likeness (QED) is 0.901. The number of nitrogens with one attached hydrogen (secondary N) is 2. The Kier molecular flexibility index (Phi) is 4.79. The third kappa shape index (κ3) is 3.40. The van der Waals surface area contributed by atoms with Gasteiger partial charge >= 0.3 is 6.03 Å².